The molecule has 1 aromatic rings. The van der Waals surface area contributed by atoms with Crippen LogP contribution in [0, 0.1) is 0 Å². The number of benzene rings is 1. The van der Waals surface area contributed by atoms with Gasteiger partial charge in [-0.1, -0.05) is 12.1 Å². The summed E-state index contributed by atoms with van der Waals surface area (Å²) >= 11 is 0. The summed E-state index contributed by atoms with van der Waals surface area (Å²) in [4.78, 5) is 0. The summed E-state index contributed by atoms with van der Waals surface area (Å²) in [7, 11) is 0. The van der Waals surface area contributed by atoms with Gasteiger partial charge in [0.1, 0.15) is 0 Å². The highest BCUT2D eigenvalue weighted by atomic mass is 19.4. The van der Waals surface area contributed by atoms with E-state index in [0.717, 1.165) is 6.07 Å². The fraction of sp³-hybridized carbons (Fsp3) is 0.400. The van der Waals surface area contributed by atoms with Gasteiger partial charge in [0.25, 0.3) is 0 Å². The topological polar surface area (TPSA) is 35.2 Å². The Morgan fingerprint density at radius 1 is 1.33 bits per heavy atom. The van der Waals surface area contributed by atoms with Gasteiger partial charge < -0.3 is 10.5 Å². The number of nitrogens with two attached hydrogens (primary N) is 1. The smallest absolute Gasteiger partial charge is 0.398 e. The third kappa shape index (κ3) is 2.86. The van der Waals surface area contributed by atoms with Crippen molar-refractivity contribution in [3.05, 3.63) is 29.3 Å². The second-order valence-corrected chi connectivity index (χ2v) is 3.01. The largest absolute Gasteiger partial charge is 0.418 e. The molecule has 0 fully saturated rings. The minimum absolute atomic E-state index is 0.103. The zero-order valence-electron chi connectivity index (χ0n) is 8.27. The van der Waals surface area contributed by atoms with Crippen LogP contribution < -0.4 is 5.73 Å². The zero-order chi connectivity index (χ0) is 11.5. The molecule has 84 valence electrons. The highest BCUT2D eigenvalue weighted by Crippen LogP contribution is 2.34. The van der Waals surface area contributed by atoms with Crippen molar-refractivity contribution < 1.29 is 17.9 Å². The van der Waals surface area contributed by atoms with Crippen molar-refractivity contribution in [2.24, 2.45) is 0 Å². The number of nitrogen functional groups attached to an aromatic ring is 1. The van der Waals surface area contributed by atoms with E-state index in [1.807, 2.05) is 0 Å². The number of hydrogen-bond donors (Lipinski definition) is 1. The first-order valence-electron chi connectivity index (χ1n) is 4.49. The molecule has 0 bridgehead atoms. The van der Waals surface area contributed by atoms with Gasteiger partial charge in [-0.05, 0) is 13.0 Å². The van der Waals surface area contributed by atoms with E-state index in [2.05, 4.69) is 0 Å². The van der Waals surface area contributed by atoms with Crippen LogP contribution in [-0.4, -0.2) is 6.61 Å². The SMILES string of the molecule is CCOCc1cccc(C(F)(F)F)c1N. The quantitative estimate of drug-likeness (QED) is 0.793. The van der Waals surface area contributed by atoms with Crippen LogP contribution in [0.1, 0.15) is 18.1 Å². The minimum Gasteiger partial charge on any atom is -0.398 e. The van der Waals surface area contributed by atoms with E-state index >= 15 is 0 Å². The number of hydrogen-bond acceptors (Lipinski definition) is 2. The van der Waals surface area contributed by atoms with Crippen LogP contribution in [0.5, 0.6) is 0 Å². The fourth-order valence-electron chi connectivity index (χ4n) is 1.20. The van der Waals surface area contributed by atoms with Gasteiger partial charge in [0.05, 0.1) is 12.2 Å². The Morgan fingerprint density at radius 3 is 2.53 bits per heavy atom. The molecule has 0 heterocycles. The molecule has 0 unspecified atom stereocenters. The van der Waals surface area contributed by atoms with E-state index in [1.165, 1.54) is 12.1 Å². The maximum atomic E-state index is 12.4. The molecule has 0 aromatic heterocycles. The van der Waals surface area contributed by atoms with Crippen molar-refractivity contribution in [1.29, 1.82) is 0 Å². The summed E-state index contributed by atoms with van der Waals surface area (Å²) in [6, 6.07) is 3.82. The highest BCUT2D eigenvalue weighted by molar-refractivity contribution is 5.54. The zero-order valence-corrected chi connectivity index (χ0v) is 8.27. The van der Waals surface area contributed by atoms with Crippen LogP contribution in [0.4, 0.5) is 18.9 Å². The Morgan fingerprint density at radius 2 is 2.00 bits per heavy atom. The van der Waals surface area contributed by atoms with Gasteiger partial charge in [-0.2, -0.15) is 13.2 Å². The van der Waals surface area contributed by atoms with Crippen molar-refractivity contribution in [1.82, 2.24) is 0 Å². The number of para-hydroxylation sites is 1. The normalized spacial score (nSPS) is 11.7. The van der Waals surface area contributed by atoms with Crippen molar-refractivity contribution in [3.63, 3.8) is 0 Å². The number of anilines is 1. The molecule has 5 heteroatoms. The maximum Gasteiger partial charge on any atom is 0.418 e. The van der Waals surface area contributed by atoms with Gasteiger partial charge in [0.2, 0.25) is 0 Å². The van der Waals surface area contributed by atoms with Crippen LogP contribution in [0.2, 0.25) is 0 Å². The predicted molar refractivity (Wildman–Crippen MR) is 51.2 cm³/mol. The second kappa shape index (κ2) is 4.53. The number of halogens is 3. The molecule has 15 heavy (non-hydrogen) atoms. The third-order valence-electron chi connectivity index (χ3n) is 1.96. The highest BCUT2D eigenvalue weighted by Gasteiger charge is 2.33. The Balaban J connectivity index is 3.01. The van der Waals surface area contributed by atoms with Crippen LogP contribution in [-0.2, 0) is 17.5 Å². The van der Waals surface area contributed by atoms with Crippen LogP contribution in [0.25, 0.3) is 0 Å². The van der Waals surface area contributed by atoms with Gasteiger partial charge in [0.15, 0.2) is 0 Å². The molecule has 2 nitrogen and oxygen atoms in total. The van der Waals surface area contributed by atoms with E-state index in [-0.39, 0.29) is 12.3 Å². The fourth-order valence-corrected chi connectivity index (χ4v) is 1.20. The van der Waals surface area contributed by atoms with Crippen molar-refractivity contribution >= 4 is 5.69 Å². The second-order valence-electron chi connectivity index (χ2n) is 3.01. The summed E-state index contributed by atoms with van der Waals surface area (Å²) in [6.45, 7) is 2.31. The first-order chi connectivity index (χ1) is 6.96. The number of rotatable bonds is 3. The predicted octanol–water partition coefficient (Wildman–Crippen LogP) is 2.82. The van der Waals surface area contributed by atoms with Crippen molar-refractivity contribution in [3.8, 4) is 0 Å². The van der Waals surface area contributed by atoms with Gasteiger partial charge in [-0.15, -0.1) is 0 Å². The van der Waals surface area contributed by atoms with E-state index in [9.17, 15) is 13.2 Å². The lowest BCUT2D eigenvalue weighted by Gasteiger charge is -2.13. The molecule has 0 amide bonds. The lowest BCUT2D eigenvalue weighted by atomic mass is 10.1. The summed E-state index contributed by atoms with van der Waals surface area (Å²) in [5, 5.41) is 0. The Bertz CT molecular complexity index is 336. The Hall–Kier alpha value is -1.23. The average Bonchev–Trinajstić information content (AvgIpc) is 2.14. The van der Waals surface area contributed by atoms with Crippen LogP contribution >= 0.6 is 0 Å². The molecule has 0 aliphatic carbocycles. The van der Waals surface area contributed by atoms with Gasteiger partial charge in [-0.25, -0.2) is 0 Å². The molecule has 1 rings (SSSR count). The average molecular weight is 219 g/mol. The molecule has 0 radical (unpaired) electrons. The molecule has 0 aliphatic heterocycles. The Kier molecular flexibility index (Phi) is 3.57. The molecule has 0 aliphatic rings. The van der Waals surface area contributed by atoms with Gasteiger partial charge in [-0.3, -0.25) is 0 Å². The summed E-state index contributed by atoms with van der Waals surface area (Å²) in [6.07, 6.45) is -4.41. The van der Waals surface area contributed by atoms with Crippen molar-refractivity contribution in [2.75, 3.05) is 12.3 Å². The van der Waals surface area contributed by atoms with Crippen LogP contribution in [0.15, 0.2) is 18.2 Å². The third-order valence-corrected chi connectivity index (χ3v) is 1.96. The summed E-state index contributed by atoms with van der Waals surface area (Å²) in [5.74, 6) is 0. The molecule has 0 spiro atoms. The Labute approximate surface area is 85.8 Å². The van der Waals surface area contributed by atoms with E-state index < -0.39 is 11.7 Å². The van der Waals surface area contributed by atoms with Crippen molar-refractivity contribution in [2.45, 2.75) is 19.7 Å². The van der Waals surface area contributed by atoms with Crippen LogP contribution in [0.3, 0.4) is 0 Å². The molecule has 0 saturated heterocycles. The first-order valence-corrected chi connectivity index (χ1v) is 4.49. The molecule has 2 N–H and O–H groups in total. The summed E-state index contributed by atoms with van der Waals surface area (Å²) in [5.41, 5.74) is 4.72. The number of ether oxygens (including phenoxy) is 1. The lowest BCUT2D eigenvalue weighted by Crippen LogP contribution is -2.11. The molecule has 1 aromatic carbocycles. The monoisotopic (exact) mass is 219 g/mol. The molecular weight excluding hydrogens is 207 g/mol. The number of alkyl halides is 3. The standard InChI is InChI=1S/C10H12F3NO/c1-2-15-6-7-4-3-5-8(9(7)14)10(11,12)13/h3-5H,2,6,14H2,1H3. The molecule has 0 saturated carbocycles. The lowest BCUT2D eigenvalue weighted by molar-refractivity contribution is -0.137. The van der Waals surface area contributed by atoms with Gasteiger partial charge >= 0.3 is 6.18 Å². The van der Waals surface area contributed by atoms with E-state index in [4.69, 9.17) is 10.5 Å². The first kappa shape index (κ1) is 11.8. The summed E-state index contributed by atoms with van der Waals surface area (Å²) < 4.78 is 42.3. The molecular formula is C10H12F3NO. The van der Waals surface area contributed by atoms with Gasteiger partial charge in [0, 0.05) is 17.9 Å². The van der Waals surface area contributed by atoms with E-state index in [0.29, 0.717) is 12.2 Å². The van der Waals surface area contributed by atoms with E-state index in [1.54, 1.807) is 6.92 Å². The maximum absolute atomic E-state index is 12.4. The molecule has 0 atom stereocenters. The minimum atomic E-state index is -4.41.